The number of nitrogens with zero attached hydrogens (tertiary/aromatic N) is 2. The van der Waals surface area contributed by atoms with Crippen molar-refractivity contribution < 1.29 is 4.92 Å². The van der Waals surface area contributed by atoms with Gasteiger partial charge in [0.2, 0.25) is 0 Å². The van der Waals surface area contributed by atoms with Crippen LogP contribution in [0, 0.1) is 13.7 Å². The fourth-order valence-corrected chi connectivity index (χ4v) is 3.45. The normalized spacial score (nSPS) is 19.4. The van der Waals surface area contributed by atoms with Crippen LogP contribution in [-0.4, -0.2) is 35.5 Å². The van der Waals surface area contributed by atoms with Gasteiger partial charge in [-0.05, 0) is 61.4 Å². The maximum atomic E-state index is 10.7. The van der Waals surface area contributed by atoms with Crippen LogP contribution in [0.5, 0.6) is 0 Å². The highest BCUT2D eigenvalue weighted by Crippen LogP contribution is 2.23. The molecule has 1 aliphatic heterocycles. The number of anilines is 1. The minimum atomic E-state index is -0.357. The first-order chi connectivity index (χ1) is 10.1. The molecule has 1 aliphatic rings. The molecule has 0 bridgehead atoms. The van der Waals surface area contributed by atoms with E-state index in [1.165, 1.54) is 25.8 Å². The average Bonchev–Trinajstić information content (AvgIpc) is 2.46. The van der Waals surface area contributed by atoms with Gasteiger partial charge in [0.15, 0.2) is 0 Å². The zero-order chi connectivity index (χ0) is 15.2. The van der Waals surface area contributed by atoms with E-state index in [9.17, 15) is 10.1 Å². The number of hydrogen-bond donors (Lipinski definition) is 1. The van der Waals surface area contributed by atoms with Crippen LogP contribution in [0.15, 0.2) is 18.2 Å². The molecule has 0 saturated carbocycles. The van der Waals surface area contributed by atoms with E-state index in [0.717, 1.165) is 28.8 Å². The van der Waals surface area contributed by atoms with Crippen LogP contribution in [0.2, 0.25) is 0 Å². The van der Waals surface area contributed by atoms with Gasteiger partial charge in [-0.3, -0.25) is 10.1 Å². The molecule has 1 aromatic rings. The third-order valence-corrected chi connectivity index (χ3v) is 4.93. The van der Waals surface area contributed by atoms with Gasteiger partial charge in [-0.2, -0.15) is 0 Å². The Labute approximate surface area is 139 Å². The predicted molar refractivity (Wildman–Crippen MR) is 93.8 cm³/mol. The minimum Gasteiger partial charge on any atom is -0.384 e. The van der Waals surface area contributed by atoms with E-state index in [2.05, 4.69) is 39.7 Å². The number of piperidine rings is 1. The second-order valence-electron chi connectivity index (χ2n) is 5.58. The molecule has 0 spiro atoms. The standard InChI is InChI=1S/C15H22IN3O2/c1-12-5-2-3-9-18(12)10-4-8-17-15-7-6-13(19(20)21)11-14(15)16/h6-7,11-12,17H,2-5,8-10H2,1H3. The van der Waals surface area contributed by atoms with Crippen molar-refractivity contribution in [3.05, 3.63) is 31.9 Å². The molecular weight excluding hydrogens is 381 g/mol. The van der Waals surface area contributed by atoms with E-state index in [4.69, 9.17) is 0 Å². The molecule has 1 N–H and O–H groups in total. The number of nitro groups is 1. The second kappa shape index (κ2) is 7.93. The maximum absolute atomic E-state index is 10.7. The van der Waals surface area contributed by atoms with Crippen molar-refractivity contribution in [1.29, 1.82) is 0 Å². The molecular formula is C15H22IN3O2. The van der Waals surface area contributed by atoms with Gasteiger partial charge >= 0.3 is 0 Å². The Morgan fingerprint density at radius 3 is 2.95 bits per heavy atom. The molecule has 1 fully saturated rings. The van der Waals surface area contributed by atoms with E-state index in [1.54, 1.807) is 18.2 Å². The van der Waals surface area contributed by atoms with Crippen molar-refractivity contribution in [2.45, 2.75) is 38.6 Å². The van der Waals surface area contributed by atoms with Crippen LogP contribution in [0.1, 0.15) is 32.6 Å². The molecule has 116 valence electrons. The Hall–Kier alpha value is -0.890. The third kappa shape index (κ3) is 4.81. The summed E-state index contributed by atoms with van der Waals surface area (Å²) in [5, 5.41) is 14.1. The van der Waals surface area contributed by atoms with Crippen molar-refractivity contribution >= 4 is 34.0 Å². The van der Waals surface area contributed by atoms with Crippen molar-refractivity contribution in [2.75, 3.05) is 25.0 Å². The highest BCUT2D eigenvalue weighted by atomic mass is 127. The Bertz CT molecular complexity index is 496. The van der Waals surface area contributed by atoms with Gasteiger partial charge in [0, 0.05) is 40.5 Å². The maximum Gasteiger partial charge on any atom is 0.270 e. The quantitative estimate of drug-likeness (QED) is 0.339. The van der Waals surface area contributed by atoms with Crippen LogP contribution >= 0.6 is 22.6 Å². The molecule has 0 amide bonds. The molecule has 6 heteroatoms. The number of non-ortho nitro benzene ring substituents is 1. The first-order valence-electron chi connectivity index (χ1n) is 7.50. The second-order valence-corrected chi connectivity index (χ2v) is 6.74. The number of rotatable bonds is 6. The molecule has 1 aromatic carbocycles. The van der Waals surface area contributed by atoms with Gasteiger partial charge in [-0.15, -0.1) is 0 Å². The van der Waals surface area contributed by atoms with E-state index >= 15 is 0 Å². The molecule has 1 atom stereocenters. The van der Waals surface area contributed by atoms with Crippen LogP contribution in [0.25, 0.3) is 0 Å². The van der Waals surface area contributed by atoms with Crippen molar-refractivity contribution in [3.8, 4) is 0 Å². The summed E-state index contributed by atoms with van der Waals surface area (Å²) >= 11 is 2.14. The van der Waals surface area contributed by atoms with Gasteiger partial charge in [-0.25, -0.2) is 0 Å². The lowest BCUT2D eigenvalue weighted by Crippen LogP contribution is -2.38. The summed E-state index contributed by atoms with van der Waals surface area (Å²) in [6.45, 7) is 5.55. The summed E-state index contributed by atoms with van der Waals surface area (Å²) in [6, 6.07) is 5.66. The zero-order valence-corrected chi connectivity index (χ0v) is 14.5. The molecule has 21 heavy (non-hydrogen) atoms. The van der Waals surface area contributed by atoms with Crippen molar-refractivity contribution in [3.63, 3.8) is 0 Å². The number of nitro benzene ring substituents is 1. The van der Waals surface area contributed by atoms with Gasteiger partial charge in [0.1, 0.15) is 0 Å². The number of hydrogen-bond acceptors (Lipinski definition) is 4. The van der Waals surface area contributed by atoms with Gasteiger partial charge in [0.25, 0.3) is 5.69 Å². The number of likely N-dealkylation sites (tertiary alicyclic amines) is 1. The third-order valence-electron chi connectivity index (χ3n) is 4.04. The first kappa shape index (κ1) is 16.5. The fraction of sp³-hybridized carbons (Fsp3) is 0.600. The predicted octanol–water partition coefficient (Wildman–Crippen LogP) is 3.88. The topological polar surface area (TPSA) is 58.4 Å². The van der Waals surface area contributed by atoms with Gasteiger partial charge in [0.05, 0.1) is 4.92 Å². The monoisotopic (exact) mass is 403 g/mol. The summed E-state index contributed by atoms with van der Waals surface area (Å²) in [6.07, 6.45) is 5.08. The summed E-state index contributed by atoms with van der Waals surface area (Å²) in [5.74, 6) is 0. The summed E-state index contributed by atoms with van der Waals surface area (Å²) in [4.78, 5) is 12.9. The lowest BCUT2D eigenvalue weighted by molar-refractivity contribution is -0.384. The van der Waals surface area contributed by atoms with E-state index in [1.807, 2.05) is 0 Å². The molecule has 0 aliphatic carbocycles. The number of benzene rings is 1. The van der Waals surface area contributed by atoms with E-state index in [0.29, 0.717) is 6.04 Å². The van der Waals surface area contributed by atoms with E-state index < -0.39 is 0 Å². The molecule has 0 aromatic heterocycles. The Morgan fingerprint density at radius 2 is 2.29 bits per heavy atom. The molecule has 2 rings (SSSR count). The fourth-order valence-electron chi connectivity index (χ4n) is 2.76. The Morgan fingerprint density at radius 1 is 1.48 bits per heavy atom. The zero-order valence-electron chi connectivity index (χ0n) is 12.3. The SMILES string of the molecule is CC1CCCCN1CCCNc1ccc([N+](=O)[O-])cc1I. The number of nitrogens with one attached hydrogen (secondary N) is 1. The highest BCUT2D eigenvalue weighted by Gasteiger charge is 2.17. The molecule has 5 nitrogen and oxygen atoms in total. The highest BCUT2D eigenvalue weighted by molar-refractivity contribution is 14.1. The van der Waals surface area contributed by atoms with E-state index in [-0.39, 0.29) is 10.6 Å². The van der Waals surface area contributed by atoms with Gasteiger partial charge in [-0.1, -0.05) is 6.42 Å². The Balaban J connectivity index is 1.77. The summed E-state index contributed by atoms with van der Waals surface area (Å²) in [7, 11) is 0. The summed E-state index contributed by atoms with van der Waals surface area (Å²) < 4.78 is 0.896. The average molecular weight is 403 g/mol. The lowest BCUT2D eigenvalue weighted by Gasteiger charge is -2.33. The van der Waals surface area contributed by atoms with Crippen LogP contribution in [0.4, 0.5) is 11.4 Å². The lowest BCUT2D eigenvalue weighted by atomic mass is 10.0. The van der Waals surface area contributed by atoms with Crippen molar-refractivity contribution in [2.24, 2.45) is 0 Å². The molecule has 1 heterocycles. The van der Waals surface area contributed by atoms with Crippen LogP contribution < -0.4 is 5.32 Å². The molecule has 1 unspecified atom stereocenters. The minimum absolute atomic E-state index is 0.145. The first-order valence-corrected chi connectivity index (χ1v) is 8.57. The Kier molecular flexibility index (Phi) is 6.22. The summed E-state index contributed by atoms with van der Waals surface area (Å²) in [5.41, 5.74) is 1.12. The smallest absolute Gasteiger partial charge is 0.270 e. The van der Waals surface area contributed by atoms with Crippen LogP contribution in [0.3, 0.4) is 0 Å². The largest absolute Gasteiger partial charge is 0.384 e. The number of halogens is 1. The van der Waals surface area contributed by atoms with Gasteiger partial charge < -0.3 is 10.2 Å². The molecule has 1 saturated heterocycles. The van der Waals surface area contributed by atoms with Crippen LogP contribution in [-0.2, 0) is 0 Å². The molecule has 0 radical (unpaired) electrons. The van der Waals surface area contributed by atoms with Crippen molar-refractivity contribution in [1.82, 2.24) is 4.90 Å².